The lowest BCUT2D eigenvalue weighted by molar-refractivity contribution is 0.491. The molecule has 0 fully saturated rings. The Labute approximate surface area is 111 Å². The molecule has 96 valence electrons. The summed E-state index contributed by atoms with van der Waals surface area (Å²) in [4.78, 5) is 3.91. The molecule has 0 aliphatic heterocycles. The van der Waals surface area contributed by atoms with E-state index in [2.05, 4.69) is 4.98 Å². The van der Waals surface area contributed by atoms with Gasteiger partial charge in [-0.15, -0.1) is 0 Å². The van der Waals surface area contributed by atoms with Gasteiger partial charge in [0.15, 0.2) is 11.4 Å². The maximum absolute atomic E-state index is 11.2. The molecule has 1 aromatic carbocycles. The highest BCUT2D eigenvalue weighted by Crippen LogP contribution is 2.25. The van der Waals surface area contributed by atoms with E-state index < -0.39 is 10.1 Å². The molecule has 0 saturated heterocycles. The van der Waals surface area contributed by atoms with Gasteiger partial charge in [-0.1, -0.05) is 30.3 Å². The molecule has 1 aromatic heterocycles. The van der Waals surface area contributed by atoms with Crippen LogP contribution in [0.3, 0.4) is 0 Å². The lowest BCUT2D eigenvalue weighted by Gasteiger charge is -2.07. The Hall–Kier alpha value is -2.39. The number of benzene rings is 1. The Morgan fingerprint density at radius 2 is 1.89 bits per heavy atom. The third-order valence-electron chi connectivity index (χ3n) is 2.31. The highest BCUT2D eigenvalue weighted by Gasteiger charge is 2.12. The number of nitrogens with zero attached hydrogens (tertiary/aromatic N) is 2. The minimum absolute atomic E-state index is 0.0636. The van der Waals surface area contributed by atoms with Crippen LogP contribution in [0.1, 0.15) is 5.69 Å². The quantitative estimate of drug-likeness (QED) is 0.799. The van der Waals surface area contributed by atoms with Crippen LogP contribution in [0.25, 0.3) is 11.1 Å². The van der Waals surface area contributed by atoms with E-state index in [0.717, 1.165) is 11.8 Å². The first-order valence-electron chi connectivity index (χ1n) is 5.34. The molecular formula is C13H10N2O3S. The molecule has 0 aliphatic rings. The summed E-state index contributed by atoms with van der Waals surface area (Å²) >= 11 is 0. The van der Waals surface area contributed by atoms with E-state index in [1.807, 2.05) is 30.3 Å². The molecule has 0 saturated carbocycles. The van der Waals surface area contributed by atoms with Crippen molar-refractivity contribution < 1.29 is 12.6 Å². The summed E-state index contributed by atoms with van der Waals surface area (Å²) in [7, 11) is -3.70. The van der Waals surface area contributed by atoms with E-state index >= 15 is 0 Å². The van der Waals surface area contributed by atoms with Crippen molar-refractivity contribution in [2.75, 3.05) is 6.26 Å². The molecule has 0 N–H and O–H groups in total. The van der Waals surface area contributed by atoms with Gasteiger partial charge in [0, 0.05) is 11.8 Å². The fourth-order valence-corrected chi connectivity index (χ4v) is 2.00. The topological polar surface area (TPSA) is 80.1 Å². The van der Waals surface area contributed by atoms with Crippen LogP contribution in [-0.4, -0.2) is 19.7 Å². The van der Waals surface area contributed by atoms with Crippen molar-refractivity contribution >= 4 is 10.1 Å². The third kappa shape index (κ3) is 3.30. The summed E-state index contributed by atoms with van der Waals surface area (Å²) < 4.78 is 27.1. The third-order valence-corrected chi connectivity index (χ3v) is 2.79. The first-order valence-corrected chi connectivity index (χ1v) is 7.16. The van der Waals surface area contributed by atoms with Crippen LogP contribution >= 0.6 is 0 Å². The van der Waals surface area contributed by atoms with Crippen LogP contribution in [0.2, 0.25) is 0 Å². The smallest absolute Gasteiger partial charge is 0.306 e. The van der Waals surface area contributed by atoms with Gasteiger partial charge in [0.05, 0.1) is 6.26 Å². The molecule has 0 spiro atoms. The predicted molar refractivity (Wildman–Crippen MR) is 69.9 cm³/mol. The summed E-state index contributed by atoms with van der Waals surface area (Å²) in [5, 5.41) is 8.89. The molecule has 0 unspecified atom stereocenters. The molecule has 2 rings (SSSR count). The zero-order valence-electron chi connectivity index (χ0n) is 10.1. The number of aromatic nitrogens is 1. The van der Waals surface area contributed by atoms with Gasteiger partial charge in [0.25, 0.3) is 0 Å². The van der Waals surface area contributed by atoms with Crippen LogP contribution in [0, 0.1) is 11.3 Å². The van der Waals surface area contributed by atoms with Gasteiger partial charge < -0.3 is 4.18 Å². The SMILES string of the molecule is CS(=O)(=O)Oc1cc(-c2ccccc2)cnc1C#N. The maximum Gasteiger partial charge on any atom is 0.306 e. The summed E-state index contributed by atoms with van der Waals surface area (Å²) in [6.07, 6.45) is 2.42. The van der Waals surface area contributed by atoms with Crippen molar-refractivity contribution in [1.29, 1.82) is 5.26 Å². The summed E-state index contributed by atoms with van der Waals surface area (Å²) in [5.74, 6) is -0.0636. The summed E-state index contributed by atoms with van der Waals surface area (Å²) in [5.41, 5.74) is 1.47. The molecular weight excluding hydrogens is 264 g/mol. The Balaban J connectivity index is 2.51. The van der Waals surface area contributed by atoms with Crippen molar-refractivity contribution in [3.8, 4) is 22.9 Å². The lowest BCUT2D eigenvalue weighted by atomic mass is 10.1. The fraction of sp³-hybridized carbons (Fsp3) is 0.0769. The maximum atomic E-state index is 11.2. The minimum atomic E-state index is -3.70. The fourth-order valence-electron chi connectivity index (χ4n) is 1.54. The van der Waals surface area contributed by atoms with Gasteiger partial charge in [-0.25, -0.2) is 4.98 Å². The van der Waals surface area contributed by atoms with Crippen molar-refractivity contribution in [1.82, 2.24) is 4.98 Å². The largest absolute Gasteiger partial charge is 0.379 e. The van der Waals surface area contributed by atoms with E-state index in [4.69, 9.17) is 9.44 Å². The van der Waals surface area contributed by atoms with E-state index in [9.17, 15) is 8.42 Å². The molecule has 0 atom stereocenters. The predicted octanol–water partition coefficient (Wildman–Crippen LogP) is 1.96. The minimum Gasteiger partial charge on any atom is -0.379 e. The lowest BCUT2D eigenvalue weighted by Crippen LogP contribution is -2.07. The Morgan fingerprint density at radius 1 is 1.21 bits per heavy atom. The Kier molecular flexibility index (Phi) is 3.49. The van der Waals surface area contributed by atoms with Crippen LogP contribution in [0.15, 0.2) is 42.6 Å². The molecule has 0 radical (unpaired) electrons. The first-order chi connectivity index (χ1) is 8.99. The highest BCUT2D eigenvalue weighted by molar-refractivity contribution is 7.86. The van der Waals surface area contributed by atoms with E-state index in [1.54, 1.807) is 6.07 Å². The van der Waals surface area contributed by atoms with E-state index in [-0.39, 0.29) is 11.4 Å². The average molecular weight is 274 g/mol. The van der Waals surface area contributed by atoms with Gasteiger partial charge in [0.2, 0.25) is 0 Å². The summed E-state index contributed by atoms with van der Waals surface area (Å²) in [6, 6.07) is 12.6. The van der Waals surface area contributed by atoms with Gasteiger partial charge >= 0.3 is 10.1 Å². The number of pyridine rings is 1. The Morgan fingerprint density at radius 3 is 2.47 bits per heavy atom. The zero-order chi connectivity index (χ0) is 13.9. The monoisotopic (exact) mass is 274 g/mol. The summed E-state index contributed by atoms with van der Waals surface area (Å²) in [6.45, 7) is 0. The van der Waals surface area contributed by atoms with Gasteiger partial charge in [-0.05, 0) is 11.6 Å². The van der Waals surface area contributed by atoms with E-state index in [0.29, 0.717) is 5.56 Å². The second kappa shape index (κ2) is 5.08. The number of hydrogen-bond donors (Lipinski definition) is 0. The molecule has 0 bridgehead atoms. The van der Waals surface area contributed by atoms with Gasteiger partial charge in [0.1, 0.15) is 6.07 Å². The van der Waals surface area contributed by atoms with Gasteiger partial charge in [-0.2, -0.15) is 13.7 Å². The molecule has 19 heavy (non-hydrogen) atoms. The molecule has 0 aliphatic carbocycles. The van der Waals surface area contributed by atoms with E-state index in [1.165, 1.54) is 12.3 Å². The molecule has 2 aromatic rings. The molecule has 5 nitrogen and oxygen atoms in total. The highest BCUT2D eigenvalue weighted by atomic mass is 32.2. The average Bonchev–Trinajstić information content (AvgIpc) is 2.38. The number of rotatable bonds is 3. The van der Waals surface area contributed by atoms with Crippen LogP contribution in [-0.2, 0) is 10.1 Å². The van der Waals surface area contributed by atoms with Crippen molar-refractivity contribution in [2.24, 2.45) is 0 Å². The molecule has 1 heterocycles. The normalized spacial score (nSPS) is 10.7. The Bertz CT molecular complexity index is 734. The second-order valence-corrected chi connectivity index (χ2v) is 5.41. The second-order valence-electron chi connectivity index (χ2n) is 3.84. The van der Waals surface area contributed by atoms with Crippen LogP contribution in [0.4, 0.5) is 0 Å². The van der Waals surface area contributed by atoms with Gasteiger partial charge in [-0.3, -0.25) is 0 Å². The van der Waals surface area contributed by atoms with Crippen LogP contribution in [0.5, 0.6) is 5.75 Å². The molecule has 0 amide bonds. The number of nitriles is 1. The first kappa shape index (κ1) is 13.1. The van der Waals surface area contributed by atoms with Crippen molar-refractivity contribution in [3.05, 3.63) is 48.3 Å². The molecule has 6 heteroatoms. The van der Waals surface area contributed by atoms with Crippen molar-refractivity contribution in [2.45, 2.75) is 0 Å². The zero-order valence-corrected chi connectivity index (χ0v) is 10.9. The van der Waals surface area contributed by atoms with Crippen molar-refractivity contribution in [3.63, 3.8) is 0 Å². The van der Waals surface area contributed by atoms with Crippen LogP contribution < -0.4 is 4.18 Å². The standard InChI is InChI=1S/C13H10N2O3S/c1-19(16,17)18-13-7-11(9-15-12(13)8-14)10-5-3-2-4-6-10/h2-7,9H,1H3. The number of hydrogen-bond acceptors (Lipinski definition) is 5.